The molecule has 3 aromatic rings. The van der Waals surface area contributed by atoms with Crippen LogP contribution in [0.25, 0.3) is 22.3 Å². The Hall–Kier alpha value is -3.48. The van der Waals surface area contributed by atoms with E-state index < -0.39 is 17.5 Å². The molecule has 164 valence electrons. The Kier molecular flexibility index (Phi) is 4.84. The predicted molar refractivity (Wildman–Crippen MR) is 118 cm³/mol. The molecule has 0 saturated heterocycles. The van der Waals surface area contributed by atoms with Crippen LogP contribution in [0.5, 0.6) is 0 Å². The quantitative estimate of drug-likeness (QED) is 0.446. The average Bonchev–Trinajstić information content (AvgIpc) is 3.16. The number of hydrogen-bond donors (Lipinski definition) is 0. The van der Waals surface area contributed by atoms with Crippen molar-refractivity contribution >= 4 is 22.8 Å². The molecule has 0 radical (unpaired) electrons. The van der Waals surface area contributed by atoms with E-state index >= 15 is 0 Å². The molecule has 0 spiro atoms. The number of cyclic esters (lactones) is 1. The zero-order chi connectivity index (χ0) is 22.5. The normalized spacial score (nSPS) is 18.6. The van der Waals surface area contributed by atoms with Crippen LogP contribution in [0.3, 0.4) is 0 Å². The molecule has 0 aliphatic carbocycles. The van der Waals surface area contributed by atoms with Gasteiger partial charge in [0.25, 0.3) is 5.56 Å². The highest BCUT2D eigenvalue weighted by atomic mass is 16.6. The first-order valence-corrected chi connectivity index (χ1v) is 11.0. The maximum atomic E-state index is 13.4. The first-order valence-electron chi connectivity index (χ1n) is 11.0. The lowest BCUT2D eigenvalue weighted by Crippen LogP contribution is -2.47. The number of unbranched alkanes of at least 4 members (excludes halogenated alkanes) is 1. The van der Waals surface area contributed by atoms with Gasteiger partial charge in [-0.25, -0.2) is 9.78 Å². The minimum absolute atomic E-state index is 0.132. The van der Waals surface area contributed by atoms with Crippen molar-refractivity contribution in [3.05, 3.63) is 63.4 Å². The lowest BCUT2D eigenvalue weighted by molar-refractivity contribution is -0.189. The Bertz CT molecular complexity index is 1330. The zero-order valence-electron chi connectivity index (χ0n) is 18.1. The fourth-order valence-corrected chi connectivity index (χ4v) is 4.65. The summed E-state index contributed by atoms with van der Waals surface area (Å²) in [6.45, 7) is 4.00. The molecule has 1 atom stereocenters. The van der Waals surface area contributed by atoms with Crippen LogP contribution in [0.2, 0.25) is 0 Å². The monoisotopic (exact) mass is 432 g/mol. The van der Waals surface area contributed by atoms with Crippen LogP contribution in [0.1, 0.15) is 56.2 Å². The van der Waals surface area contributed by atoms with Crippen LogP contribution in [0, 0.1) is 0 Å². The molecule has 0 fully saturated rings. The van der Waals surface area contributed by atoms with Crippen LogP contribution in [-0.2, 0) is 37.8 Å². The van der Waals surface area contributed by atoms with Gasteiger partial charge in [-0.1, -0.05) is 38.5 Å². The SMILES string of the molecule is CCCCC(=O)OC1(CC)C(=O)OCc2c1cc1n(c2=O)Cc2cc3ccccc3nc2-1. The van der Waals surface area contributed by atoms with Crippen molar-refractivity contribution in [2.24, 2.45) is 0 Å². The number of hydrogen-bond acceptors (Lipinski definition) is 6. The molecule has 2 aliphatic rings. The molecule has 0 bridgehead atoms. The summed E-state index contributed by atoms with van der Waals surface area (Å²) in [5.74, 6) is -1.10. The second-order valence-electron chi connectivity index (χ2n) is 8.34. The number of esters is 2. The summed E-state index contributed by atoms with van der Waals surface area (Å²) in [5, 5.41) is 1.00. The van der Waals surface area contributed by atoms with Gasteiger partial charge >= 0.3 is 11.9 Å². The number of nitrogens with zero attached hydrogens (tertiary/aromatic N) is 2. The summed E-state index contributed by atoms with van der Waals surface area (Å²) in [7, 11) is 0. The second-order valence-corrected chi connectivity index (χ2v) is 8.34. The zero-order valence-corrected chi connectivity index (χ0v) is 18.1. The number of pyridine rings is 2. The lowest BCUT2D eigenvalue weighted by atomic mass is 9.85. The molecule has 2 aromatic heterocycles. The second kappa shape index (κ2) is 7.58. The Labute approximate surface area is 185 Å². The molecule has 0 N–H and O–H groups in total. The van der Waals surface area contributed by atoms with Crippen molar-refractivity contribution in [2.75, 3.05) is 0 Å². The minimum Gasteiger partial charge on any atom is -0.457 e. The molecule has 4 heterocycles. The molecule has 0 saturated carbocycles. The van der Waals surface area contributed by atoms with E-state index in [2.05, 4.69) is 0 Å². The Balaban J connectivity index is 1.69. The number of carbonyl (C=O) groups is 2. The van der Waals surface area contributed by atoms with Gasteiger partial charge in [0, 0.05) is 22.9 Å². The van der Waals surface area contributed by atoms with E-state index in [-0.39, 0.29) is 25.0 Å². The smallest absolute Gasteiger partial charge is 0.355 e. The molecule has 1 unspecified atom stereocenters. The number of fused-ring (bicyclic) bond motifs is 5. The predicted octanol–water partition coefficient (Wildman–Crippen LogP) is 3.82. The molecule has 7 heteroatoms. The molecular formula is C25H24N2O5. The van der Waals surface area contributed by atoms with E-state index in [0.717, 1.165) is 22.9 Å². The van der Waals surface area contributed by atoms with Gasteiger partial charge in [-0.15, -0.1) is 0 Å². The van der Waals surface area contributed by atoms with Crippen LogP contribution in [0.15, 0.2) is 41.2 Å². The van der Waals surface area contributed by atoms with Gasteiger partial charge in [-0.2, -0.15) is 0 Å². The van der Waals surface area contributed by atoms with E-state index in [1.807, 2.05) is 37.3 Å². The fraction of sp³-hybridized carbons (Fsp3) is 0.360. The molecule has 2 aliphatic heterocycles. The molecule has 0 amide bonds. The van der Waals surface area contributed by atoms with E-state index in [9.17, 15) is 14.4 Å². The summed E-state index contributed by atoms with van der Waals surface area (Å²) in [6, 6.07) is 11.6. The Morgan fingerprint density at radius 3 is 2.81 bits per heavy atom. The summed E-state index contributed by atoms with van der Waals surface area (Å²) in [6.07, 6.45) is 1.89. The third kappa shape index (κ3) is 2.95. The minimum atomic E-state index is -1.62. The topological polar surface area (TPSA) is 87.5 Å². The number of ether oxygens (including phenoxy) is 2. The summed E-state index contributed by atoms with van der Waals surface area (Å²) in [4.78, 5) is 43.7. The van der Waals surface area contributed by atoms with Crippen LogP contribution >= 0.6 is 0 Å². The third-order valence-electron chi connectivity index (χ3n) is 6.41. The van der Waals surface area contributed by atoms with Gasteiger partial charge in [-0.05, 0) is 31.0 Å². The van der Waals surface area contributed by atoms with Crippen molar-refractivity contribution < 1.29 is 19.1 Å². The maximum absolute atomic E-state index is 13.4. The van der Waals surface area contributed by atoms with Crippen molar-refractivity contribution in [3.8, 4) is 11.4 Å². The van der Waals surface area contributed by atoms with Crippen LogP contribution < -0.4 is 5.56 Å². The van der Waals surface area contributed by atoms with E-state index in [1.165, 1.54) is 0 Å². The highest BCUT2D eigenvalue weighted by molar-refractivity contribution is 5.88. The fourth-order valence-electron chi connectivity index (χ4n) is 4.65. The largest absolute Gasteiger partial charge is 0.457 e. The van der Waals surface area contributed by atoms with Crippen molar-refractivity contribution in [3.63, 3.8) is 0 Å². The van der Waals surface area contributed by atoms with Crippen LogP contribution in [-0.4, -0.2) is 21.5 Å². The summed E-state index contributed by atoms with van der Waals surface area (Å²) < 4.78 is 12.8. The third-order valence-corrected chi connectivity index (χ3v) is 6.41. The number of aromatic nitrogens is 2. The van der Waals surface area contributed by atoms with Crippen molar-refractivity contribution in [1.29, 1.82) is 0 Å². The summed E-state index contributed by atoms with van der Waals surface area (Å²) >= 11 is 0. The highest BCUT2D eigenvalue weighted by Gasteiger charge is 2.50. The van der Waals surface area contributed by atoms with Gasteiger partial charge in [0.15, 0.2) is 0 Å². The molecule has 5 rings (SSSR count). The van der Waals surface area contributed by atoms with Gasteiger partial charge in [0.05, 0.1) is 29.0 Å². The summed E-state index contributed by atoms with van der Waals surface area (Å²) in [5.41, 5.74) is 2.03. The van der Waals surface area contributed by atoms with E-state index in [0.29, 0.717) is 35.5 Å². The Morgan fingerprint density at radius 2 is 2.03 bits per heavy atom. The number of carbonyl (C=O) groups excluding carboxylic acids is 2. The first-order chi connectivity index (χ1) is 15.5. The van der Waals surface area contributed by atoms with Crippen molar-refractivity contribution in [1.82, 2.24) is 9.55 Å². The average molecular weight is 432 g/mol. The number of para-hydroxylation sites is 1. The molecule has 7 nitrogen and oxygen atoms in total. The van der Waals surface area contributed by atoms with Crippen molar-refractivity contribution in [2.45, 2.75) is 58.3 Å². The van der Waals surface area contributed by atoms with Gasteiger partial charge in [0.2, 0.25) is 5.60 Å². The van der Waals surface area contributed by atoms with Gasteiger partial charge in [0.1, 0.15) is 6.61 Å². The molecule has 1 aromatic carbocycles. The van der Waals surface area contributed by atoms with E-state index in [1.54, 1.807) is 17.6 Å². The number of rotatable bonds is 5. The molecular weight excluding hydrogens is 408 g/mol. The van der Waals surface area contributed by atoms with Gasteiger partial charge in [-0.3, -0.25) is 9.59 Å². The standard InChI is InChI=1S/C25H24N2O5/c1-3-5-10-21(28)32-25(4-2)18-12-20-22-16(11-15-8-6-7-9-19(15)26-22)13-27(20)23(29)17(18)14-31-24(25)30/h6-9,11-12H,3-5,10,13-14H2,1-2H3. The van der Waals surface area contributed by atoms with E-state index in [4.69, 9.17) is 14.5 Å². The lowest BCUT2D eigenvalue weighted by Gasteiger charge is -2.35. The Morgan fingerprint density at radius 1 is 1.22 bits per heavy atom. The van der Waals surface area contributed by atoms with Crippen LogP contribution in [0.4, 0.5) is 0 Å². The molecule has 32 heavy (non-hydrogen) atoms. The first kappa shape index (κ1) is 20.4. The maximum Gasteiger partial charge on any atom is 0.355 e. The highest BCUT2D eigenvalue weighted by Crippen LogP contribution is 2.41. The number of benzene rings is 1. The van der Waals surface area contributed by atoms with Gasteiger partial charge < -0.3 is 14.0 Å².